The molecule has 32 heavy (non-hydrogen) atoms. The second-order valence-corrected chi connectivity index (χ2v) is 8.51. The van der Waals surface area contributed by atoms with Gasteiger partial charge in [0.05, 0.1) is 0 Å². The molecule has 1 aliphatic carbocycles. The van der Waals surface area contributed by atoms with Gasteiger partial charge in [0.25, 0.3) is 5.91 Å². The first-order chi connectivity index (χ1) is 15.2. The van der Waals surface area contributed by atoms with Crippen LogP contribution in [0, 0.1) is 5.82 Å². The van der Waals surface area contributed by atoms with E-state index >= 15 is 0 Å². The number of benzene rings is 2. The third kappa shape index (κ3) is 4.06. The molecule has 1 saturated heterocycles. The van der Waals surface area contributed by atoms with Crippen molar-refractivity contribution in [3.63, 3.8) is 0 Å². The summed E-state index contributed by atoms with van der Waals surface area (Å²) in [6, 6.07) is 9.38. The van der Waals surface area contributed by atoms with Crippen molar-refractivity contribution in [3.8, 4) is 0 Å². The van der Waals surface area contributed by atoms with Crippen LogP contribution in [0.5, 0.6) is 0 Å². The van der Waals surface area contributed by atoms with Crippen molar-refractivity contribution in [1.82, 2.24) is 5.32 Å². The van der Waals surface area contributed by atoms with Crippen LogP contribution in [-0.4, -0.2) is 41.9 Å². The van der Waals surface area contributed by atoms with E-state index in [-0.39, 0.29) is 36.7 Å². The molecule has 0 bridgehead atoms. The lowest BCUT2D eigenvalue weighted by Gasteiger charge is -2.22. The average Bonchev–Trinajstić information content (AvgIpc) is 3.32. The molecule has 1 fully saturated rings. The number of fused-ring (bicyclic) bond motifs is 1. The number of carbonyl (C=O) groups excluding carboxylic acids is 3. The number of likely N-dealkylation sites (N-methyl/N-ethyl adjacent to an activating group) is 1. The molecular formula is C24H22ClFN2O4. The number of carbonyl (C=O) groups is 3. The quantitative estimate of drug-likeness (QED) is 0.654. The first-order valence-corrected chi connectivity index (χ1v) is 10.7. The highest BCUT2D eigenvalue weighted by atomic mass is 35.5. The van der Waals surface area contributed by atoms with E-state index in [4.69, 9.17) is 11.6 Å². The van der Waals surface area contributed by atoms with Crippen molar-refractivity contribution in [3.05, 3.63) is 69.5 Å². The topological polar surface area (TPSA) is 86.7 Å². The number of Topliss-reactive ketones (excluding diaryl/α,β-unsaturated/α-hetero) is 1. The highest BCUT2D eigenvalue weighted by Gasteiger charge is 2.50. The maximum Gasteiger partial charge on any atom is 0.266 e. The van der Waals surface area contributed by atoms with Gasteiger partial charge in [0.2, 0.25) is 11.5 Å². The predicted octanol–water partition coefficient (Wildman–Crippen LogP) is 2.83. The Labute approximate surface area is 189 Å². The lowest BCUT2D eigenvalue weighted by molar-refractivity contribution is -0.147. The van der Waals surface area contributed by atoms with E-state index in [9.17, 15) is 23.9 Å². The number of hydrogen-bond donors (Lipinski definition) is 2. The van der Waals surface area contributed by atoms with Gasteiger partial charge in [-0.05, 0) is 59.5 Å². The summed E-state index contributed by atoms with van der Waals surface area (Å²) < 4.78 is 13.5. The molecule has 1 atom stereocenters. The molecule has 4 rings (SSSR count). The van der Waals surface area contributed by atoms with Gasteiger partial charge in [-0.1, -0.05) is 17.7 Å². The zero-order valence-corrected chi connectivity index (χ0v) is 18.2. The standard InChI is InChI=1S/C24H22ClFN2O4/c1-27-22(30)17-10-15-3-4-20(12-16(15)11-17)28-7-6-24(32,23(28)31)21(29)5-2-14-8-18(25)13-19(26)9-14/h3-4,8-9,11-13,32H,2,5-7,10H2,1H3,(H,27,30)/t24-/m1/s1. The normalized spacial score (nSPS) is 19.7. The van der Waals surface area contributed by atoms with Gasteiger partial charge in [-0.25, -0.2) is 4.39 Å². The number of ketones is 1. The van der Waals surface area contributed by atoms with Crippen LogP contribution in [0.1, 0.15) is 29.5 Å². The van der Waals surface area contributed by atoms with Gasteiger partial charge in [-0.3, -0.25) is 14.4 Å². The van der Waals surface area contributed by atoms with Crippen molar-refractivity contribution < 1.29 is 23.9 Å². The maximum absolute atomic E-state index is 13.5. The fourth-order valence-electron chi connectivity index (χ4n) is 4.23. The number of anilines is 1. The Hall–Kier alpha value is -3.03. The molecule has 8 heteroatoms. The van der Waals surface area contributed by atoms with E-state index in [1.165, 1.54) is 17.0 Å². The van der Waals surface area contributed by atoms with Crippen LogP contribution in [0.3, 0.4) is 0 Å². The van der Waals surface area contributed by atoms with Crippen LogP contribution in [0.2, 0.25) is 5.02 Å². The van der Waals surface area contributed by atoms with Gasteiger partial charge >= 0.3 is 0 Å². The molecule has 2 aromatic rings. The van der Waals surface area contributed by atoms with Gasteiger partial charge in [0.1, 0.15) is 5.82 Å². The number of nitrogens with one attached hydrogen (secondary N) is 1. The second kappa shape index (κ2) is 8.48. The number of aliphatic hydroxyl groups is 1. The summed E-state index contributed by atoms with van der Waals surface area (Å²) in [5.41, 5.74) is 1.41. The van der Waals surface area contributed by atoms with Crippen molar-refractivity contribution in [2.75, 3.05) is 18.5 Å². The number of hydrogen-bond acceptors (Lipinski definition) is 4. The van der Waals surface area contributed by atoms with E-state index in [1.54, 1.807) is 31.3 Å². The molecule has 2 aromatic carbocycles. The van der Waals surface area contributed by atoms with Gasteiger partial charge in [0, 0.05) is 49.1 Å². The molecule has 0 radical (unpaired) electrons. The Bertz CT molecular complexity index is 1140. The summed E-state index contributed by atoms with van der Waals surface area (Å²) in [4.78, 5) is 39.0. The number of rotatable bonds is 6. The Morgan fingerprint density at radius 2 is 2.03 bits per heavy atom. The number of aryl methyl sites for hydroxylation is 1. The number of amides is 2. The summed E-state index contributed by atoms with van der Waals surface area (Å²) >= 11 is 5.84. The van der Waals surface area contributed by atoms with Crippen molar-refractivity contribution >= 4 is 41.0 Å². The van der Waals surface area contributed by atoms with Gasteiger partial charge < -0.3 is 15.3 Å². The smallest absolute Gasteiger partial charge is 0.266 e. The predicted molar refractivity (Wildman–Crippen MR) is 119 cm³/mol. The summed E-state index contributed by atoms with van der Waals surface area (Å²) in [7, 11) is 1.57. The van der Waals surface area contributed by atoms with Crippen LogP contribution in [0.15, 0.2) is 42.0 Å². The van der Waals surface area contributed by atoms with Crippen LogP contribution in [0.4, 0.5) is 10.1 Å². The van der Waals surface area contributed by atoms with E-state index < -0.39 is 23.1 Å². The molecule has 0 aromatic heterocycles. The Balaban J connectivity index is 1.48. The fourth-order valence-corrected chi connectivity index (χ4v) is 4.47. The molecule has 166 valence electrons. The summed E-state index contributed by atoms with van der Waals surface area (Å²) in [5.74, 6) is -1.94. The maximum atomic E-state index is 13.5. The highest BCUT2D eigenvalue weighted by molar-refractivity contribution is 6.30. The van der Waals surface area contributed by atoms with Crippen LogP contribution < -0.4 is 10.2 Å². The molecule has 0 unspecified atom stereocenters. The molecule has 1 aliphatic heterocycles. The molecule has 0 saturated carbocycles. The summed E-state index contributed by atoms with van der Waals surface area (Å²) in [6.07, 6.45) is 2.32. The Morgan fingerprint density at radius 1 is 1.25 bits per heavy atom. The largest absolute Gasteiger partial charge is 0.373 e. The van der Waals surface area contributed by atoms with E-state index in [0.29, 0.717) is 23.2 Å². The zero-order valence-electron chi connectivity index (χ0n) is 17.5. The molecule has 1 heterocycles. The third-order valence-corrected chi connectivity index (χ3v) is 6.21. The second-order valence-electron chi connectivity index (χ2n) is 8.08. The zero-order chi connectivity index (χ0) is 23.0. The number of halogens is 2. The van der Waals surface area contributed by atoms with Crippen molar-refractivity contribution in [2.24, 2.45) is 0 Å². The minimum absolute atomic E-state index is 0.0228. The average molecular weight is 457 g/mol. The minimum atomic E-state index is -2.11. The third-order valence-electron chi connectivity index (χ3n) is 5.99. The molecular weight excluding hydrogens is 435 g/mol. The van der Waals surface area contributed by atoms with Crippen LogP contribution >= 0.6 is 11.6 Å². The van der Waals surface area contributed by atoms with E-state index in [0.717, 1.165) is 11.1 Å². The van der Waals surface area contributed by atoms with Crippen LogP contribution in [-0.2, 0) is 27.2 Å². The van der Waals surface area contributed by atoms with E-state index in [2.05, 4.69) is 5.32 Å². The van der Waals surface area contributed by atoms with Crippen molar-refractivity contribution in [2.45, 2.75) is 31.3 Å². The first kappa shape index (κ1) is 22.2. The lowest BCUT2D eigenvalue weighted by Crippen LogP contribution is -2.47. The fraction of sp³-hybridized carbons (Fsp3) is 0.292. The molecule has 2 aliphatic rings. The Morgan fingerprint density at radius 3 is 2.75 bits per heavy atom. The van der Waals surface area contributed by atoms with Gasteiger partial charge in [-0.2, -0.15) is 0 Å². The monoisotopic (exact) mass is 456 g/mol. The highest BCUT2D eigenvalue weighted by Crippen LogP contribution is 2.34. The van der Waals surface area contributed by atoms with E-state index in [1.807, 2.05) is 6.07 Å². The van der Waals surface area contributed by atoms with Crippen LogP contribution in [0.25, 0.3) is 6.08 Å². The summed E-state index contributed by atoms with van der Waals surface area (Å²) in [6.45, 7) is 0.192. The molecule has 0 spiro atoms. The van der Waals surface area contributed by atoms with Crippen molar-refractivity contribution in [1.29, 1.82) is 0 Å². The lowest BCUT2D eigenvalue weighted by atomic mass is 9.92. The SMILES string of the molecule is CNC(=O)C1=Cc2cc(N3CC[C@@](O)(C(=O)CCc4cc(F)cc(Cl)c4)C3=O)ccc2C1. The minimum Gasteiger partial charge on any atom is -0.373 e. The van der Waals surface area contributed by atoms with Gasteiger partial charge in [0.15, 0.2) is 5.78 Å². The molecule has 2 N–H and O–H groups in total. The van der Waals surface area contributed by atoms with Gasteiger partial charge in [-0.15, -0.1) is 0 Å². The molecule has 6 nitrogen and oxygen atoms in total. The number of nitrogens with zero attached hydrogens (tertiary/aromatic N) is 1. The summed E-state index contributed by atoms with van der Waals surface area (Å²) in [5, 5.41) is 13.7. The Kier molecular flexibility index (Phi) is 5.88. The molecule has 2 amide bonds. The first-order valence-electron chi connectivity index (χ1n) is 10.3.